The van der Waals surface area contributed by atoms with Crippen molar-refractivity contribution in [2.24, 2.45) is 0 Å². The van der Waals surface area contributed by atoms with Gasteiger partial charge in [-0.1, -0.05) is 18.2 Å². The molecule has 8 nitrogen and oxygen atoms in total. The second kappa shape index (κ2) is 6.14. The summed E-state index contributed by atoms with van der Waals surface area (Å²) in [5, 5.41) is 2.82. The number of aromatic nitrogens is 2. The van der Waals surface area contributed by atoms with E-state index in [1.54, 1.807) is 0 Å². The lowest BCUT2D eigenvalue weighted by Gasteiger charge is -2.32. The molecule has 0 atom stereocenters. The van der Waals surface area contributed by atoms with Crippen molar-refractivity contribution in [2.75, 3.05) is 17.2 Å². The largest absolute Gasteiger partial charge is 0.394 e. The Hall–Kier alpha value is -3.42. The minimum atomic E-state index is -0.597. The first-order valence-corrected chi connectivity index (χ1v) is 8.26. The Morgan fingerprint density at radius 2 is 2.12 bits per heavy atom. The molecule has 0 unspecified atom stereocenters. The molecule has 26 heavy (non-hydrogen) atoms. The Labute approximate surface area is 148 Å². The van der Waals surface area contributed by atoms with Crippen LogP contribution < -0.4 is 26.8 Å². The Kier molecular flexibility index (Phi) is 3.80. The highest BCUT2D eigenvalue weighted by atomic mass is 16.2. The van der Waals surface area contributed by atoms with Crippen LogP contribution in [0.2, 0.25) is 0 Å². The van der Waals surface area contributed by atoms with Crippen molar-refractivity contribution in [3.8, 4) is 0 Å². The lowest BCUT2D eigenvalue weighted by Crippen LogP contribution is -2.44. The topological polar surface area (TPSA) is 121 Å². The number of anilines is 2. The summed E-state index contributed by atoms with van der Waals surface area (Å²) in [4.78, 5) is 43.6. The van der Waals surface area contributed by atoms with Crippen molar-refractivity contribution in [1.82, 2.24) is 15.3 Å². The van der Waals surface area contributed by atoms with E-state index < -0.39 is 10.9 Å². The van der Waals surface area contributed by atoms with Crippen molar-refractivity contribution in [3.63, 3.8) is 0 Å². The molecule has 4 rings (SSSR count). The van der Waals surface area contributed by atoms with Gasteiger partial charge < -0.3 is 20.9 Å². The number of rotatable bonds is 4. The molecule has 3 aromatic rings. The molecule has 0 saturated carbocycles. The highest BCUT2D eigenvalue weighted by Gasteiger charge is 2.26. The van der Waals surface area contributed by atoms with E-state index >= 15 is 0 Å². The molecule has 0 bridgehead atoms. The number of nitrogen functional groups attached to an aromatic ring is 1. The average molecular weight is 351 g/mol. The smallest absolute Gasteiger partial charge is 0.271 e. The molecule has 0 saturated heterocycles. The molecule has 8 heteroatoms. The molecular formula is C18H17N5O3. The standard InChI is InChI=1S/C18H17N5O3/c19-14-15(17(25)16(14)24)23-4-3-11-2-1-10(5-12(11)8-23)6-21-18(26)13-7-20-9-22-13/h1-2,5,7,9H,3-4,6,8,19H2,(H,20,22)(H,21,26). The van der Waals surface area contributed by atoms with Crippen LogP contribution in [0.15, 0.2) is 40.3 Å². The van der Waals surface area contributed by atoms with Gasteiger partial charge >= 0.3 is 0 Å². The van der Waals surface area contributed by atoms with E-state index in [0.29, 0.717) is 31.0 Å². The number of hydrogen-bond donors (Lipinski definition) is 3. The molecule has 0 spiro atoms. The number of benzene rings is 1. The highest BCUT2D eigenvalue weighted by molar-refractivity contribution is 5.91. The Bertz CT molecular complexity index is 1050. The van der Waals surface area contributed by atoms with E-state index in [2.05, 4.69) is 15.3 Å². The van der Waals surface area contributed by atoms with Crippen LogP contribution in [0.4, 0.5) is 11.4 Å². The summed E-state index contributed by atoms with van der Waals surface area (Å²) in [6.07, 6.45) is 3.76. The summed E-state index contributed by atoms with van der Waals surface area (Å²) in [6, 6.07) is 6.02. The Morgan fingerprint density at radius 3 is 2.85 bits per heavy atom. The number of fused-ring (bicyclic) bond motifs is 1. The number of nitrogens with two attached hydrogens (primary N) is 1. The van der Waals surface area contributed by atoms with Crippen LogP contribution >= 0.6 is 0 Å². The van der Waals surface area contributed by atoms with Crippen LogP contribution in [0.3, 0.4) is 0 Å². The zero-order valence-electron chi connectivity index (χ0n) is 13.9. The monoisotopic (exact) mass is 351 g/mol. The van der Waals surface area contributed by atoms with Gasteiger partial charge in [-0.3, -0.25) is 14.4 Å². The predicted octanol–water partition coefficient (Wildman–Crippen LogP) is 0.0806. The van der Waals surface area contributed by atoms with Gasteiger partial charge in [-0.25, -0.2) is 4.98 Å². The summed E-state index contributed by atoms with van der Waals surface area (Å²) in [6.45, 7) is 1.55. The molecule has 1 aliphatic heterocycles. The molecule has 132 valence electrons. The van der Waals surface area contributed by atoms with E-state index in [-0.39, 0.29) is 11.6 Å². The van der Waals surface area contributed by atoms with Gasteiger partial charge in [0.2, 0.25) is 0 Å². The lowest BCUT2D eigenvalue weighted by atomic mass is 9.96. The zero-order chi connectivity index (χ0) is 18.3. The first-order valence-electron chi connectivity index (χ1n) is 8.26. The lowest BCUT2D eigenvalue weighted by molar-refractivity contribution is 0.0946. The second-order valence-electron chi connectivity index (χ2n) is 6.33. The van der Waals surface area contributed by atoms with Crippen LogP contribution in [0.5, 0.6) is 0 Å². The predicted molar refractivity (Wildman–Crippen MR) is 96.7 cm³/mol. The number of nitrogens with one attached hydrogen (secondary N) is 2. The number of amides is 1. The summed E-state index contributed by atoms with van der Waals surface area (Å²) >= 11 is 0. The fraction of sp³-hybridized carbons (Fsp3) is 0.222. The van der Waals surface area contributed by atoms with Crippen LogP contribution in [-0.2, 0) is 19.5 Å². The number of aromatic amines is 1. The SMILES string of the molecule is Nc1c(N2CCc3ccc(CNC(=O)c4c[nH]cn4)cc3C2)c(=O)c1=O. The van der Waals surface area contributed by atoms with E-state index in [4.69, 9.17) is 5.73 Å². The van der Waals surface area contributed by atoms with Gasteiger partial charge in [0.15, 0.2) is 0 Å². The summed E-state index contributed by atoms with van der Waals surface area (Å²) < 4.78 is 0. The van der Waals surface area contributed by atoms with Crippen LogP contribution in [-0.4, -0.2) is 22.4 Å². The van der Waals surface area contributed by atoms with Gasteiger partial charge in [-0.05, 0) is 23.1 Å². The van der Waals surface area contributed by atoms with Crippen molar-refractivity contribution in [3.05, 3.63) is 73.6 Å². The maximum Gasteiger partial charge on any atom is 0.271 e. The third-order valence-corrected chi connectivity index (χ3v) is 4.70. The number of hydrogen-bond acceptors (Lipinski definition) is 6. The quantitative estimate of drug-likeness (QED) is 0.573. The second-order valence-corrected chi connectivity index (χ2v) is 6.33. The van der Waals surface area contributed by atoms with Crippen LogP contribution in [0.25, 0.3) is 0 Å². The van der Waals surface area contributed by atoms with Crippen molar-refractivity contribution < 1.29 is 4.79 Å². The molecular weight excluding hydrogens is 334 g/mol. The third-order valence-electron chi connectivity index (χ3n) is 4.70. The molecule has 0 aliphatic carbocycles. The minimum absolute atomic E-state index is 0.0564. The van der Waals surface area contributed by atoms with Gasteiger partial charge in [0.25, 0.3) is 16.8 Å². The normalized spacial score (nSPS) is 13.6. The van der Waals surface area contributed by atoms with Gasteiger partial charge in [-0.2, -0.15) is 0 Å². The van der Waals surface area contributed by atoms with Crippen molar-refractivity contribution in [2.45, 2.75) is 19.5 Å². The number of H-pyrrole nitrogens is 1. The third kappa shape index (κ3) is 2.65. The fourth-order valence-corrected chi connectivity index (χ4v) is 3.28. The van der Waals surface area contributed by atoms with Crippen molar-refractivity contribution >= 4 is 17.3 Å². The van der Waals surface area contributed by atoms with Crippen molar-refractivity contribution in [1.29, 1.82) is 0 Å². The summed E-state index contributed by atoms with van der Waals surface area (Å²) in [7, 11) is 0. The molecule has 4 N–H and O–H groups in total. The molecule has 2 aromatic carbocycles. The molecule has 1 aliphatic rings. The Morgan fingerprint density at radius 1 is 1.27 bits per heavy atom. The van der Waals surface area contributed by atoms with Gasteiger partial charge in [0, 0.05) is 25.8 Å². The molecule has 1 amide bonds. The number of carbonyl (C=O) groups excluding carboxylic acids is 1. The Balaban J connectivity index is 1.48. The van der Waals surface area contributed by atoms with Gasteiger partial charge in [0.1, 0.15) is 17.1 Å². The molecule has 0 fully saturated rings. The number of imidazole rings is 1. The minimum Gasteiger partial charge on any atom is -0.394 e. The highest BCUT2D eigenvalue weighted by Crippen LogP contribution is 2.26. The maximum atomic E-state index is 12.0. The maximum absolute atomic E-state index is 12.0. The fourth-order valence-electron chi connectivity index (χ4n) is 3.28. The molecule has 2 heterocycles. The summed E-state index contributed by atoms with van der Waals surface area (Å²) in [5.41, 5.74) is 8.51. The zero-order valence-corrected chi connectivity index (χ0v) is 13.9. The van der Waals surface area contributed by atoms with E-state index in [1.165, 1.54) is 18.1 Å². The first-order chi connectivity index (χ1) is 12.5. The first kappa shape index (κ1) is 16.1. The van der Waals surface area contributed by atoms with Gasteiger partial charge in [0.05, 0.1) is 6.33 Å². The van der Waals surface area contributed by atoms with Crippen LogP contribution in [0, 0.1) is 0 Å². The summed E-state index contributed by atoms with van der Waals surface area (Å²) in [5.74, 6) is -0.248. The molecule has 0 radical (unpaired) electrons. The number of carbonyl (C=O) groups is 1. The van der Waals surface area contributed by atoms with Crippen LogP contribution in [0.1, 0.15) is 27.2 Å². The van der Waals surface area contributed by atoms with E-state index in [9.17, 15) is 14.4 Å². The van der Waals surface area contributed by atoms with E-state index in [1.807, 2.05) is 23.1 Å². The average Bonchev–Trinajstić information content (AvgIpc) is 3.20. The van der Waals surface area contributed by atoms with E-state index in [0.717, 1.165) is 17.5 Å². The molecule has 1 aromatic heterocycles. The van der Waals surface area contributed by atoms with Gasteiger partial charge in [-0.15, -0.1) is 0 Å². The number of nitrogens with zero attached hydrogens (tertiary/aromatic N) is 2.